The van der Waals surface area contributed by atoms with E-state index in [0.717, 1.165) is 5.69 Å². The molecule has 1 amide bonds. The molecule has 0 aromatic heterocycles. The SMILES string of the molecule is CC(C)CN(CC(=O)O)C(=O)c1cccc(N(C)C)c1. The molecule has 0 heterocycles. The number of benzene rings is 1. The van der Waals surface area contributed by atoms with Crippen LogP contribution in [0.1, 0.15) is 24.2 Å². The Bertz CT molecular complexity index is 484. The van der Waals surface area contributed by atoms with Crippen LogP contribution in [0.5, 0.6) is 0 Å². The van der Waals surface area contributed by atoms with Gasteiger partial charge in [0.1, 0.15) is 6.54 Å². The average molecular weight is 278 g/mol. The Morgan fingerprint density at radius 3 is 2.40 bits per heavy atom. The lowest BCUT2D eigenvalue weighted by atomic mass is 10.1. The predicted octanol–water partition coefficient (Wildman–Crippen LogP) is 1.94. The highest BCUT2D eigenvalue weighted by atomic mass is 16.4. The van der Waals surface area contributed by atoms with Crippen LogP contribution in [0.2, 0.25) is 0 Å². The van der Waals surface area contributed by atoms with Gasteiger partial charge in [-0.05, 0) is 24.1 Å². The van der Waals surface area contributed by atoms with Crippen molar-refractivity contribution in [3.8, 4) is 0 Å². The summed E-state index contributed by atoms with van der Waals surface area (Å²) in [5.41, 5.74) is 1.42. The Hall–Kier alpha value is -2.04. The molecule has 5 nitrogen and oxygen atoms in total. The number of aliphatic carboxylic acids is 1. The standard InChI is InChI=1S/C15H22N2O3/c1-11(2)9-17(10-14(18)19)15(20)12-6-5-7-13(8-12)16(3)4/h5-8,11H,9-10H2,1-4H3,(H,18,19). The molecule has 0 aliphatic carbocycles. The molecule has 0 saturated heterocycles. The van der Waals surface area contributed by atoms with Crippen molar-refractivity contribution >= 4 is 17.6 Å². The minimum Gasteiger partial charge on any atom is -0.480 e. The van der Waals surface area contributed by atoms with Gasteiger partial charge >= 0.3 is 5.97 Å². The van der Waals surface area contributed by atoms with E-state index in [9.17, 15) is 9.59 Å². The van der Waals surface area contributed by atoms with Crippen molar-refractivity contribution in [2.75, 3.05) is 32.1 Å². The van der Waals surface area contributed by atoms with E-state index in [1.165, 1.54) is 4.90 Å². The molecule has 5 heteroatoms. The largest absolute Gasteiger partial charge is 0.480 e. The molecule has 20 heavy (non-hydrogen) atoms. The fourth-order valence-electron chi connectivity index (χ4n) is 1.92. The molecular weight excluding hydrogens is 256 g/mol. The van der Waals surface area contributed by atoms with Gasteiger partial charge in [-0.25, -0.2) is 0 Å². The average Bonchev–Trinajstić information content (AvgIpc) is 2.36. The van der Waals surface area contributed by atoms with E-state index >= 15 is 0 Å². The molecule has 0 spiro atoms. The third kappa shape index (κ3) is 4.57. The van der Waals surface area contributed by atoms with Gasteiger partial charge in [0.2, 0.25) is 0 Å². The highest BCUT2D eigenvalue weighted by Crippen LogP contribution is 2.15. The fourth-order valence-corrected chi connectivity index (χ4v) is 1.92. The van der Waals surface area contributed by atoms with Crippen LogP contribution in [0, 0.1) is 5.92 Å². The number of anilines is 1. The number of amides is 1. The number of carbonyl (C=O) groups is 2. The molecule has 0 aliphatic rings. The van der Waals surface area contributed by atoms with Gasteiger partial charge in [-0.3, -0.25) is 9.59 Å². The smallest absolute Gasteiger partial charge is 0.323 e. The minimum absolute atomic E-state index is 0.218. The lowest BCUT2D eigenvalue weighted by Crippen LogP contribution is -2.38. The lowest BCUT2D eigenvalue weighted by molar-refractivity contribution is -0.137. The number of carboxylic acid groups (broad SMARTS) is 1. The molecule has 1 rings (SSSR count). The van der Waals surface area contributed by atoms with Gasteiger partial charge in [0.05, 0.1) is 0 Å². The molecule has 1 aromatic rings. The molecule has 0 radical (unpaired) electrons. The highest BCUT2D eigenvalue weighted by Gasteiger charge is 2.19. The van der Waals surface area contributed by atoms with Crippen molar-refractivity contribution < 1.29 is 14.7 Å². The zero-order valence-corrected chi connectivity index (χ0v) is 12.5. The summed E-state index contributed by atoms with van der Waals surface area (Å²) in [6.45, 7) is 4.07. The predicted molar refractivity (Wildman–Crippen MR) is 79.1 cm³/mol. The zero-order chi connectivity index (χ0) is 15.3. The molecule has 1 aromatic carbocycles. The lowest BCUT2D eigenvalue weighted by Gasteiger charge is -2.23. The first-order chi connectivity index (χ1) is 9.31. The molecule has 0 atom stereocenters. The van der Waals surface area contributed by atoms with Crippen molar-refractivity contribution in [2.24, 2.45) is 5.92 Å². The Balaban J connectivity index is 2.98. The first kappa shape index (κ1) is 16.0. The summed E-state index contributed by atoms with van der Waals surface area (Å²) in [4.78, 5) is 26.6. The summed E-state index contributed by atoms with van der Waals surface area (Å²) in [6.07, 6.45) is 0. The topological polar surface area (TPSA) is 60.9 Å². The van der Waals surface area contributed by atoms with E-state index < -0.39 is 5.97 Å². The first-order valence-electron chi connectivity index (χ1n) is 6.59. The maximum absolute atomic E-state index is 12.4. The monoisotopic (exact) mass is 278 g/mol. The first-order valence-corrected chi connectivity index (χ1v) is 6.59. The van der Waals surface area contributed by atoms with E-state index in [-0.39, 0.29) is 18.4 Å². The minimum atomic E-state index is -0.997. The van der Waals surface area contributed by atoms with Gasteiger partial charge < -0.3 is 14.9 Å². The van der Waals surface area contributed by atoms with E-state index in [1.807, 2.05) is 38.9 Å². The van der Waals surface area contributed by atoms with E-state index in [4.69, 9.17) is 5.11 Å². The van der Waals surface area contributed by atoms with Crippen LogP contribution in [-0.4, -0.2) is 49.1 Å². The number of carbonyl (C=O) groups excluding carboxylic acids is 1. The van der Waals surface area contributed by atoms with Crippen molar-refractivity contribution in [3.05, 3.63) is 29.8 Å². The Kier molecular flexibility index (Phi) is 5.55. The van der Waals surface area contributed by atoms with E-state index in [1.54, 1.807) is 18.2 Å². The number of nitrogens with zero attached hydrogens (tertiary/aromatic N) is 2. The van der Waals surface area contributed by atoms with Gasteiger partial charge in [0, 0.05) is 31.9 Å². The molecule has 0 bridgehead atoms. The maximum Gasteiger partial charge on any atom is 0.323 e. The Morgan fingerprint density at radius 1 is 1.25 bits per heavy atom. The summed E-state index contributed by atoms with van der Waals surface area (Å²) in [6, 6.07) is 7.19. The van der Waals surface area contributed by atoms with Crippen LogP contribution < -0.4 is 4.90 Å². The van der Waals surface area contributed by atoms with Crippen LogP contribution in [0.4, 0.5) is 5.69 Å². The van der Waals surface area contributed by atoms with Crippen LogP contribution >= 0.6 is 0 Å². The quantitative estimate of drug-likeness (QED) is 0.864. The summed E-state index contributed by atoms with van der Waals surface area (Å²) in [7, 11) is 3.79. The second-order valence-corrected chi connectivity index (χ2v) is 5.42. The van der Waals surface area contributed by atoms with Crippen molar-refractivity contribution in [1.82, 2.24) is 4.90 Å². The third-order valence-electron chi connectivity index (χ3n) is 2.81. The molecular formula is C15H22N2O3. The van der Waals surface area contributed by atoms with Crippen molar-refractivity contribution in [3.63, 3.8) is 0 Å². The van der Waals surface area contributed by atoms with Gasteiger partial charge in [-0.2, -0.15) is 0 Å². The second-order valence-electron chi connectivity index (χ2n) is 5.42. The number of hydrogen-bond acceptors (Lipinski definition) is 3. The van der Waals surface area contributed by atoms with Gasteiger partial charge in [-0.15, -0.1) is 0 Å². The maximum atomic E-state index is 12.4. The van der Waals surface area contributed by atoms with Gasteiger partial charge in [-0.1, -0.05) is 19.9 Å². The molecule has 0 saturated carbocycles. The summed E-state index contributed by atoms with van der Waals surface area (Å²) in [5.74, 6) is -1.03. The van der Waals surface area contributed by atoms with Crippen LogP contribution in [0.3, 0.4) is 0 Å². The molecule has 0 aliphatic heterocycles. The Morgan fingerprint density at radius 2 is 1.90 bits per heavy atom. The second kappa shape index (κ2) is 6.93. The molecule has 1 N–H and O–H groups in total. The normalized spacial score (nSPS) is 10.4. The van der Waals surface area contributed by atoms with Gasteiger partial charge in [0.25, 0.3) is 5.91 Å². The third-order valence-corrected chi connectivity index (χ3v) is 2.81. The van der Waals surface area contributed by atoms with E-state index in [2.05, 4.69) is 0 Å². The fraction of sp³-hybridized carbons (Fsp3) is 0.467. The number of rotatable bonds is 6. The highest BCUT2D eigenvalue weighted by molar-refractivity contribution is 5.96. The van der Waals surface area contributed by atoms with Gasteiger partial charge in [0.15, 0.2) is 0 Å². The number of carboxylic acids is 1. The molecule has 110 valence electrons. The van der Waals surface area contributed by atoms with Crippen LogP contribution in [0.15, 0.2) is 24.3 Å². The van der Waals surface area contributed by atoms with Crippen molar-refractivity contribution in [1.29, 1.82) is 0 Å². The zero-order valence-electron chi connectivity index (χ0n) is 12.5. The van der Waals surface area contributed by atoms with Crippen molar-refractivity contribution in [2.45, 2.75) is 13.8 Å². The molecule has 0 unspecified atom stereocenters. The Labute approximate surface area is 119 Å². The number of hydrogen-bond donors (Lipinski definition) is 1. The van der Waals surface area contributed by atoms with E-state index in [0.29, 0.717) is 12.1 Å². The van der Waals surface area contributed by atoms with Crippen LogP contribution in [0.25, 0.3) is 0 Å². The van der Waals surface area contributed by atoms with Crippen LogP contribution in [-0.2, 0) is 4.79 Å². The summed E-state index contributed by atoms with van der Waals surface area (Å²) in [5, 5.41) is 8.93. The molecule has 0 fully saturated rings. The summed E-state index contributed by atoms with van der Waals surface area (Å²) < 4.78 is 0. The summed E-state index contributed by atoms with van der Waals surface area (Å²) >= 11 is 0.